The molecule has 25 heavy (non-hydrogen) atoms. The second kappa shape index (κ2) is 9.00. The molecule has 2 N–H and O–H groups in total. The van der Waals surface area contributed by atoms with Crippen LogP contribution in [0.15, 0.2) is 40.1 Å². The van der Waals surface area contributed by atoms with E-state index < -0.39 is 10.0 Å². The molecule has 1 saturated carbocycles. The number of rotatable bonds is 7. The third kappa shape index (κ3) is 5.69. The van der Waals surface area contributed by atoms with Crippen molar-refractivity contribution < 1.29 is 13.3 Å². The number of allylic oxidation sites excluding steroid dienone is 3. The minimum atomic E-state index is -3.43. The minimum Gasteiger partial charge on any atom is -0.386 e. The summed E-state index contributed by atoms with van der Waals surface area (Å²) in [6.07, 6.45) is 9.63. The average molecular weight is 432 g/mol. The van der Waals surface area contributed by atoms with E-state index in [1.807, 2.05) is 0 Å². The summed E-state index contributed by atoms with van der Waals surface area (Å²) in [7, 11) is -2.03. The Kier molecular flexibility index (Phi) is 7.27. The van der Waals surface area contributed by atoms with Crippen molar-refractivity contribution in [2.45, 2.75) is 57.6 Å². The Bertz CT molecular complexity index is 692. The SMILES string of the molecule is C=C(/C(=C\C=C(/C)S(=O)(=O)NC)NC1CCCCC1)[C@H]1CC(Br)=NO1. The van der Waals surface area contributed by atoms with Crippen molar-refractivity contribution in [3.05, 3.63) is 34.9 Å². The van der Waals surface area contributed by atoms with E-state index in [9.17, 15) is 8.42 Å². The first-order chi connectivity index (χ1) is 11.8. The highest BCUT2D eigenvalue weighted by Gasteiger charge is 2.26. The zero-order valence-electron chi connectivity index (χ0n) is 14.7. The van der Waals surface area contributed by atoms with E-state index in [0.717, 1.165) is 28.7 Å². The topological polar surface area (TPSA) is 79.8 Å². The Balaban J connectivity index is 2.20. The molecule has 2 rings (SSSR count). The van der Waals surface area contributed by atoms with Gasteiger partial charge in [0.15, 0.2) is 6.10 Å². The molecule has 0 spiro atoms. The standard InChI is InChI=1S/C17H26BrN3O3S/c1-12(25(22,23)19-3)9-10-15(20-14-7-5-4-6-8-14)13(2)16-11-17(18)21-24-16/h9-10,14,16,19-20H,2,4-8,11H2,1,3H3/b12-9+,15-10+/t16-/m1/s1. The van der Waals surface area contributed by atoms with Gasteiger partial charge in [-0.3, -0.25) is 0 Å². The van der Waals surface area contributed by atoms with Crippen LogP contribution < -0.4 is 10.0 Å². The van der Waals surface area contributed by atoms with Gasteiger partial charge in [0, 0.05) is 23.7 Å². The van der Waals surface area contributed by atoms with Gasteiger partial charge in [0.05, 0.1) is 4.91 Å². The van der Waals surface area contributed by atoms with Crippen LogP contribution >= 0.6 is 15.9 Å². The second-order valence-corrected chi connectivity index (χ2v) is 9.31. The summed E-state index contributed by atoms with van der Waals surface area (Å²) in [5, 5.41) is 7.44. The molecule has 0 aromatic carbocycles. The molecule has 0 aromatic rings. The molecule has 0 radical (unpaired) electrons. The highest BCUT2D eigenvalue weighted by Crippen LogP contribution is 2.26. The summed E-state index contributed by atoms with van der Waals surface area (Å²) in [5.74, 6) is 0. The van der Waals surface area contributed by atoms with Crippen molar-refractivity contribution in [1.29, 1.82) is 0 Å². The molecular formula is C17H26BrN3O3S. The maximum atomic E-state index is 11.9. The summed E-state index contributed by atoms with van der Waals surface area (Å²) in [5.41, 5.74) is 1.58. The van der Waals surface area contributed by atoms with Crippen LogP contribution in [0.4, 0.5) is 0 Å². The Morgan fingerprint density at radius 1 is 1.32 bits per heavy atom. The lowest BCUT2D eigenvalue weighted by Gasteiger charge is -2.27. The monoisotopic (exact) mass is 431 g/mol. The molecule has 0 aromatic heterocycles. The lowest BCUT2D eigenvalue weighted by Crippen LogP contribution is -2.32. The zero-order valence-corrected chi connectivity index (χ0v) is 17.1. The Morgan fingerprint density at radius 2 is 2.00 bits per heavy atom. The van der Waals surface area contributed by atoms with Crippen LogP contribution in [-0.4, -0.2) is 32.2 Å². The Labute approximate surface area is 158 Å². The first-order valence-electron chi connectivity index (χ1n) is 8.49. The summed E-state index contributed by atoms with van der Waals surface area (Å²) >= 11 is 3.34. The molecule has 1 atom stereocenters. The van der Waals surface area contributed by atoms with Gasteiger partial charge < -0.3 is 10.2 Å². The predicted octanol–water partition coefficient (Wildman–Crippen LogP) is 3.30. The van der Waals surface area contributed by atoms with Gasteiger partial charge in [-0.25, -0.2) is 13.1 Å². The van der Waals surface area contributed by atoms with E-state index in [4.69, 9.17) is 4.84 Å². The van der Waals surface area contributed by atoms with E-state index in [-0.39, 0.29) is 11.0 Å². The van der Waals surface area contributed by atoms with Crippen LogP contribution in [0.2, 0.25) is 0 Å². The first kappa shape index (κ1) is 20.2. The van der Waals surface area contributed by atoms with Gasteiger partial charge in [0.25, 0.3) is 0 Å². The molecule has 2 aliphatic rings. The molecule has 0 unspecified atom stereocenters. The largest absolute Gasteiger partial charge is 0.386 e. The van der Waals surface area contributed by atoms with E-state index >= 15 is 0 Å². The Morgan fingerprint density at radius 3 is 2.56 bits per heavy atom. The summed E-state index contributed by atoms with van der Waals surface area (Å²) in [6.45, 7) is 5.72. The van der Waals surface area contributed by atoms with Crippen molar-refractivity contribution in [3.63, 3.8) is 0 Å². The second-order valence-electron chi connectivity index (χ2n) is 6.34. The van der Waals surface area contributed by atoms with Gasteiger partial charge in [-0.2, -0.15) is 0 Å². The van der Waals surface area contributed by atoms with Crippen LogP contribution in [0.5, 0.6) is 0 Å². The smallest absolute Gasteiger partial charge is 0.236 e. The zero-order chi connectivity index (χ0) is 18.4. The fraction of sp³-hybridized carbons (Fsp3) is 0.588. The highest BCUT2D eigenvalue weighted by atomic mass is 79.9. The fourth-order valence-corrected chi connectivity index (χ4v) is 3.82. The summed E-state index contributed by atoms with van der Waals surface area (Å²) in [6, 6.07) is 0.372. The van der Waals surface area contributed by atoms with Crippen molar-refractivity contribution in [1.82, 2.24) is 10.0 Å². The van der Waals surface area contributed by atoms with E-state index in [1.54, 1.807) is 19.1 Å². The normalized spacial score (nSPS) is 23.2. The molecule has 0 saturated heterocycles. The fourth-order valence-electron chi connectivity index (χ4n) is 2.87. The number of oxime groups is 1. The molecule has 1 heterocycles. The van der Waals surface area contributed by atoms with Gasteiger partial charge in [-0.05, 0) is 54.9 Å². The van der Waals surface area contributed by atoms with Gasteiger partial charge in [0.1, 0.15) is 4.62 Å². The van der Waals surface area contributed by atoms with Crippen LogP contribution in [0.1, 0.15) is 45.4 Å². The third-order valence-electron chi connectivity index (χ3n) is 4.51. The molecule has 0 amide bonds. The van der Waals surface area contributed by atoms with Crippen molar-refractivity contribution in [2.75, 3.05) is 7.05 Å². The number of sulfonamides is 1. The lowest BCUT2D eigenvalue weighted by molar-refractivity contribution is 0.112. The number of nitrogens with zero attached hydrogens (tertiary/aromatic N) is 1. The van der Waals surface area contributed by atoms with Crippen LogP contribution in [0.25, 0.3) is 0 Å². The van der Waals surface area contributed by atoms with Crippen LogP contribution in [0.3, 0.4) is 0 Å². The quantitative estimate of drug-likeness (QED) is 0.605. The van der Waals surface area contributed by atoms with Crippen molar-refractivity contribution >= 4 is 30.6 Å². The number of nitrogens with one attached hydrogen (secondary N) is 2. The number of hydrogen-bond acceptors (Lipinski definition) is 5. The van der Waals surface area contributed by atoms with Gasteiger partial charge in [-0.15, -0.1) is 0 Å². The predicted molar refractivity (Wildman–Crippen MR) is 105 cm³/mol. The Hall–Kier alpha value is -1.12. The van der Waals surface area contributed by atoms with Crippen LogP contribution in [0, 0.1) is 0 Å². The molecule has 140 valence electrons. The molecule has 0 bridgehead atoms. The first-order valence-corrected chi connectivity index (χ1v) is 10.8. The molecule has 1 aliphatic heterocycles. The van der Waals surface area contributed by atoms with E-state index in [0.29, 0.717) is 12.5 Å². The molecule has 1 aliphatic carbocycles. The molecule has 8 heteroatoms. The van der Waals surface area contributed by atoms with Gasteiger partial charge in [0.2, 0.25) is 10.0 Å². The molecule has 1 fully saturated rings. The number of hydrogen-bond donors (Lipinski definition) is 2. The summed E-state index contributed by atoms with van der Waals surface area (Å²) in [4.78, 5) is 5.65. The molecule has 6 nitrogen and oxygen atoms in total. The maximum Gasteiger partial charge on any atom is 0.236 e. The lowest BCUT2D eigenvalue weighted by atomic mass is 9.94. The van der Waals surface area contributed by atoms with E-state index in [2.05, 4.69) is 37.7 Å². The number of halogens is 1. The average Bonchev–Trinajstić information content (AvgIpc) is 3.04. The van der Waals surface area contributed by atoms with Crippen LogP contribution in [-0.2, 0) is 14.9 Å². The molecular weight excluding hydrogens is 406 g/mol. The summed E-state index contributed by atoms with van der Waals surface area (Å²) < 4.78 is 26.8. The third-order valence-corrected chi connectivity index (χ3v) is 6.50. The highest BCUT2D eigenvalue weighted by molar-refractivity contribution is 9.18. The van der Waals surface area contributed by atoms with Gasteiger partial charge >= 0.3 is 0 Å². The van der Waals surface area contributed by atoms with Crippen molar-refractivity contribution in [2.24, 2.45) is 5.16 Å². The minimum absolute atomic E-state index is 0.244. The maximum absolute atomic E-state index is 11.9. The van der Waals surface area contributed by atoms with Crippen molar-refractivity contribution in [3.8, 4) is 0 Å². The van der Waals surface area contributed by atoms with Gasteiger partial charge in [-0.1, -0.05) is 31.0 Å². The van der Waals surface area contributed by atoms with E-state index in [1.165, 1.54) is 26.3 Å².